The maximum absolute atomic E-state index is 12.5. The Balaban J connectivity index is 2.04. The third-order valence-electron chi connectivity index (χ3n) is 3.96. The van der Waals surface area contributed by atoms with Crippen molar-refractivity contribution >= 4 is 28.9 Å². The number of imidazole rings is 1. The third kappa shape index (κ3) is 2.92. The van der Waals surface area contributed by atoms with Crippen molar-refractivity contribution in [1.82, 2.24) is 33.4 Å². The summed E-state index contributed by atoms with van der Waals surface area (Å²) in [4.78, 5) is 39.4. The molecule has 3 heterocycles. The summed E-state index contributed by atoms with van der Waals surface area (Å²) in [5.41, 5.74) is -0.304. The molecular weight excluding hydrogens is 362 g/mol. The fraction of sp³-hybridized carbons (Fsp3) is 0.429. The van der Waals surface area contributed by atoms with Crippen LogP contribution >= 0.6 is 11.8 Å². The molecule has 11 nitrogen and oxygen atoms in total. The van der Waals surface area contributed by atoms with E-state index in [-0.39, 0.29) is 12.3 Å². The van der Waals surface area contributed by atoms with Gasteiger partial charge in [-0.1, -0.05) is 11.8 Å². The minimum absolute atomic E-state index is 0.116. The maximum Gasteiger partial charge on any atom is 0.332 e. The highest BCUT2D eigenvalue weighted by Gasteiger charge is 2.18. The number of thioether (sulfide) groups is 1. The number of carbonyl (C=O) groups is 1. The summed E-state index contributed by atoms with van der Waals surface area (Å²) in [6, 6.07) is 0. The molecular formula is C14H17N7O4S. The molecule has 12 heteroatoms. The molecule has 0 aliphatic rings. The number of aromatic nitrogens is 7. The minimum Gasteiger partial charge on any atom is -0.481 e. The van der Waals surface area contributed by atoms with Crippen molar-refractivity contribution in [2.45, 2.75) is 25.2 Å². The number of aliphatic carboxylic acids is 1. The number of carboxylic acids is 1. The molecule has 0 radical (unpaired) electrons. The van der Waals surface area contributed by atoms with Crippen molar-refractivity contribution in [2.75, 3.05) is 5.75 Å². The van der Waals surface area contributed by atoms with Gasteiger partial charge in [-0.05, 0) is 6.92 Å². The highest BCUT2D eigenvalue weighted by Crippen LogP contribution is 2.18. The second-order valence-electron chi connectivity index (χ2n) is 5.58. The molecule has 3 rings (SSSR count). The van der Waals surface area contributed by atoms with Crippen molar-refractivity contribution < 1.29 is 9.90 Å². The number of aryl methyl sites for hydroxylation is 1. The van der Waals surface area contributed by atoms with Crippen molar-refractivity contribution in [1.29, 1.82) is 0 Å². The zero-order valence-corrected chi connectivity index (χ0v) is 15.2. The van der Waals surface area contributed by atoms with Gasteiger partial charge in [-0.3, -0.25) is 18.7 Å². The highest BCUT2D eigenvalue weighted by atomic mass is 32.2. The van der Waals surface area contributed by atoms with E-state index in [1.165, 1.54) is 17.9 Å². The van der Waals surface area contributed by atoms with Crippen molar-refractivity contribution in [3.05, 3.63) is 33.0 Å². The second-order valence-corrected chi connectivity index (χ2v) is 6.52. The number of hydrogen-bond acceptors (Lipinski definition) is 7. The Morgan fingerprint density at radius 3 is 2.62 bits per heavy atom. The number of carboxylic acid groups (broad SMARTS) is 1. The summed E-state index contributed by atoms with van der Waals surface area (Å²) >= 11 is 1.08. The predicted octanol–water partition coefficient (Wildman–Crippen LogP) is -0.730. The molecule has 0 saturated heterocycles. The van der Waals surface area contributed by atoms with Gasteiger partial charge in [-0.15, -0.1) is 10.2 Å². The lowest BCUT2D eigenvalue weighted by Crippen LogP contribution is -2.37. The van der Waals surface area contributed by atoms with Gasteiger partial charge in [0, 0.05) is 20.6 Å². The summed E-state index contributed by atoms with van der Waals surface area (Å²) in [5, 5.41) is 17.5. The van der Waals surface area contributed by atoms with E-state index >= 15 is 0 Å². The van der Waals surface area contributed by atoms with E-state index in [1.54, 1.807) is 16.2 Å². The Labute approximate surface area is 150 Å². The van der Waals surface area contributed by atoms with Gasteiger partial charge < -0.3 is 14.2 Å². The molecule has 3 aromatic rings. The fourth-order valence-electron chi connectivity index (χ4n) is 2.66. The van der Waals surface area contributed by atoms with Gasteiger partial charge in [-0.2, -0.15) is 0 Å². The lowest BCUT2D eigenvalue weighted by atomic mass is 10.4. The zero-order chi connectivity index (χ0) is 19.0. The molecule has 0 aromatic carbocycles. The smallest absolute Gasteiger partial charge is 0.332 e. The van der Waals surface area contributed by atoms with Gasteiger partial charge in [0.25, 0.3) is 5.56 Å². The molecule has 26 heavy (non-hydrogen) atoms. The lowest BCUT2D eigenvalue weighted by Gasteiger charge is -2.08. The molecule has 0 aliphatic heterocycles. The Morgan fingerprint density at radius 1 is 1.23 bits per heavy atom. The average molecular weight is 379 g/mol. The molecule has 0 bridgehead atoms. The first kappa shape index (κ1) is 17.9. The van der Waals surface area contributed by atoms with E-state index < -0.39 is 17.2 Å². The standard InChI is InChI=1S/C14H17N7O4S/c1-4-21-8(16-17-13(21)26-6-9(22)23)5-20-7-15-11-10(20)12(24)19(3)14(25)18(11)2/h7H,4-6H2,1-3H3,(H,22,23). The van der Waals surface area contributed by atoms with Crippen LogP contribution in [0.3, 0.4) is 0 Å². The molecule has 3 aromatic heterocycles. The van der Waals surface area contributed by atoms with Gasteiger partial charge in [0.2, 0.25) is 0 Å². The molecule has 0 saturated carbocycles. The molecule has 0 unspecified atom stereocenters. The number of rotatable bonds is 6. The van der Waals surface area contributed by atoms with Crippen LogP contribution in [0.5, 0.6) is 0 Å². The van der Waals surface area contributed by atoms with E-state index in [0.29, 0.717) is 28.7 Å². The van der Waals surface area contributed by atoms with Crippen LogP contribution in [0.4, 0.5) is 0 Å². The summed E-state index contributed by atoms with van der Waals surface area (Å²) < 4.78 is 5.73. The quantitative estimate of drug-likeness (QED) is 0.555. The number of nitrogens with zero attached hydrogens (tertiary/aromatic N) is 7. The Morgan fingerprint density at radius 2 is 1.96 bits per heavy atom. The molecule has 1 N–H and O–H groups in total. The van der Waals surface area contributed by atoms with Crippen LogP contribution in [-0.4, -0.2) is 50.3 Å². The number of fused-ring (bicyclic) bond motifs is 1. The van der Waals surface area contributed by atoms with Crippen LogP contribution in [0, 0.1) is 0 Å². The predicted molar refractivity (Wildman–Crippen MR) is 93.4 cm³/mol. The Hall–Kier alpha value is -2.89. The molecule has 0 aliphatic carbocycles. The van der Waals surface area contributed by atoms with E-state index in [9.17, 15) is 14.4 Å². The van der Waals surface area contributed by atoms with Crippen LogP contribution < -0.4 is 11.2 Å². The number of hydrogen-bond donors (Lipinski definition) is 1. The van der Waals surface area contributed by atoms with Gasteiger partial charge >= 0.3 is 11.7 Å². The first-order valence-electron chi connectivity index (χ1n) is 7.72. The highest BCUT2D eigenvalue weighted by molar-refractivity contribution is 7.99. The summed E-state index contributed by atoms with van der Waals surface area (Å²) in [5.74, 6) is -0.489. The normalized spacial score (nSPS) is 11.3. The fourth-order valence-corrected chi connectivity index (χ4v) is 3.40. The molecule has 0 fully saturated rings. The summed E-state index contributed by atoms with van der Waals surface area (Å²) in [7, 11) is 2.97. The Bertz CT molecular complexity index is 1110. The first-order valence-corrected chi connectivity index (χ1v) is 8.71. The van der Waals surface area contributed by atoms with E-state index in [0.717, 1.165) is 16.3 Å². The third-order valence-corrected chi connectivity index (χ3v) is 4.91. The van der Waals surface area contributed by atoms with Gasteiger partial charge in [0.1, 0.15) is 0 Å². The van der Waals surface area contributed by atoms with Crippen molar-refractivity contribution in [3.8, 4) is 0 Å². The first-order chi connectivity index (χ1) is 12.3. The van der Waals surface area contributed by atoms with Crippen molar-refractivity contribution in [3.63, 3.8) is 0 Å². The largest absolute Gasteiger partial charge is 0.481 e. The maximum atomic E-state index is 12.5. The molecule has 0 atom stereocenters. The zero-order valence-electron chi connectivity index (χ0n) is 14.4. The Kier molecular flexibility index (Phi) is 4.68. The SMILES string of the molecule is CCn1c(Cn2cnc3c2c(=O)n(C)c(=O)n3C)nnc1SCC(=O)O. The topological polar surface area (TPSA) is 130 Å². The molecule has 0 amide bonds. The van der Waals surface area contributed by atoms with Crippen LogP contribution in [0.2, 0.25) is 0 Å². The summed E-state index contributed by atoms with van der Waals surface area (Å²) in [6.07, 6.45) is 1.48. The van der Waals surface area contributed by atoms with Crippen LogP contribution in [0.25, 0.3) is 11.2 Å². The van der Waals surface area contributed by atoms with E-state index in [1.807, 2.05) is 6.92 Å². The minimum atomic E-state index is -0.938. The monoisotopic (exact) mass is 379 g/mol. The van der Waals surface area contributed by atoms with Gasteiger partial charge in [-0.25, -0.2) is 9.78 Å². The molecule has 0 spiro atoms. The van der Waals surface area contributed by atoms with Gasteiger partial charge in [0.05, 0.1) is 18.6 Å². The lowest BCUT2D eigenvalue weighted by molar-refractivity contribution is -0.133. The molecule has 138 valence electrons. The van der Waals surface area contributed by atoms with Crippen LogP contribution in [0.1, 0.15) is 12.7 Å². The van der Waals surface area contributed by atoms with Crippen molar-refractivity contribution in [2.24, 2.45) is 14.1 Å². The van der Waals surface area contributed by atoms with Gasteiger partial charge in [0.15, 0.2) is 22.1 Å². The average Bonchev–Trinajstić information content (AvgIpc) is 3.20. The van der Waals surface area contributed by atoms with Crippen LogP contribution in [-0.2, 0) is 32.0 Å². The second kappa shape index (κ2) is 6.78. The summed E-state index contributed by atoms with van der Waals surface area (Å²) in [6.45, 7) is 2.66. The van der Waals surface area contributed by atoms with E-state index in [2.05, 4.69) is 15.2 Å². The van der Waals surface area contributed by atoms with E-state index in [4.69, 9.17) is 5.11 Å². The van der Waals surface area contributed by atoms with Crippen LogP contribution in [0.15, 0.2) is 21.1 Å².